The zero-order valence-electron chi connectivity index (χ0n) is 15.9. The molecule has 0 saturated heterocycles. The number of benzene rings is 2. The van der Waals surface area contributed by atoms with Gasteiger partial charge in [0.05, 0.1) is 25.9 Å². The predicted octanol–water partition coefficient (Wildman–Crippen LogP) is 4.26. The highest BCUT2D eigenvalue weighted by Crippen LogP contribution is 2.34. The van der Waals surface area contributed by atoms with Gasteiger partial charge in [-0.1, -0.05) is 23.5 Å². The number of hydrogen-bond acceptors (Lipinski definition) is 7. The van der Waals surface area contributed by atoms with Gasteiger partial charge in [-0.2, -0.15) is 0 Å². The molecule has 0 unspecified atom stereocenters. The molecule has 7 nitrogen and oxygen atoms in total. The zero-order valence-corrected chi connectivity index (χ0v) is 16.7. The monoisotopic (exact) mass is 399 g/mol. The van der Waals surface area contributed by atoms with E-state index in [-0.39, 0.29) is 5.91 Å². The first-order valence-electron chi connectivity index (χ1n) is 8.84. The minimum absolute atomic E-state index is 0.299. The van der Waals surface area contributed by atoms with Crippen LogP contribution in [0.25, 0.3) is 10.6 Å². The molecular weight excluding hydrogens is 378 g/mol. The summed E-state index contributed by atoms with van der Waals surface area (Å²) in [6.45, 7) is 4.76. The predicted molar refractivity (Wildman–Crippen MR) is 109 cm³/mol. The number of para-hydroxylation sites is 1. The summed E-state index contributed by atoms with van der Waals surface area (Å²) in [5, 5.41) is 12.1. The van der Waals surface area contributed by atoms with Gasteiger partial charge in [-0.15, -0.1) is 10.2 Å². The summed E-state index contributed by atoms with van der Waals surface area (Å²) in [4.78, 5) is 12.6. The second kappa shape index (κ2) is 9.18. The number of nitrogens with zero attached hydrogens (tertiary/aromatic N) is 2. The second-order valence-corrected chi connectivity index (χ2v) is 6.57. The zero-order chi connectivity index (χ0) is 19.9. The van der Waals surface area contributed by atoms with Crippen molar-refractivity contribution in [1.82, 2.24) is 10.2 Å². The first-order chi connectivity index (χ1) is 13.7. The number of aromatic nitrogens is 2. The van der Waals surface area contributed by atoms with Crippen molar-refractivity contribution in [3.8, 4) is 27.8 Å². The molecule has 0 atom stereocenters. The first kappa shape index (κ1) is 19.6. The third-order valence-electron chi connectivity index (χ3n) is 3.79. The van der Waals surface area contributed by atoms with E-state index in [1.54, 1.807) is 25.3 Å². The summed E-state index contributed by atoms with van der Waals surface area (Å²) < 4.78 is 16.5. The van der Waals surface area contributed by atoms with E-state index in [1.807, 2.05) is 38.1 Å². The van der Waals surface area contributed by atoms with E-state index in [2.05, 4.69) is 15.5 Å². The average Bonchev–Trinajstić information content (AvgIpc) is 3.17. The Balaban J connectivity index is 1.78. The van der Waals surface area contributed by atoms with Crippen LogP contribution in [0.3, 0.4) is 0 Å². The van der Waals surface area contributed by atoms with Gasteiger partial charge in [0.25, 0.3) is 5.91 Å². The van der Waals surface area contributed by atoms with E-state index in [1.165, 1.54) is 11.3 Å². The van der Waals surface area contributed by atoms with Crippen molar-refractivity contribution in [2.75, 3.05) is 25.6 Å². The summed E-state index contributed by atoms with van der Waals surface area (Å²) in [6.07, 6.45) is 0. The summed E-state index contributed by atoms with van der Waals surface area (Å²) in [5.41, 5.74) is 1.27. The van der Waals surface area contributed by atoms with Gasteiger partial charge in [-0.25, -0.2) is 0 Å². The number of anilines is 1. The van der Waals surface area contributed by atoms with Crippen LogP contribution in [0.2, 0.25) is 0 Å². The minimum atomic E-state index is -0.299. The molecule has 28 heavy (non-hydrogen) atoms. The maximum Gasteiger partial charge on any atom is 0.257 e. The van der Waals surface area contributed by atoms with Gasteiger partial charge in [0.2, 0.25) is 5.13 Å². The van der Waals surface area contributed by atoms with Gasteiger partial charge >= 0.3 is 0 Å². The van der Waals surface area contributed by atoms with Crippen LogP contribution in [0, 0.1) is 0 Å². The molecule has 0 aliphatic rings. The molecule has 0 aliphatic heterocycles. The molecule has 3 rings (SSSR count). The molecule has 0 bridgehead atoms. The highest BCUT2D eigenvalue weighted by molar-refractivity contribution is 7.18. The van der Waals surface area contributed by atoms with Gasteiger partial charge in [0.1, 0.15) is 5.75 Å². The van der Waals surface area contributed by atoms with E-state index in [0.717, 1.165) is 5.56 Å². The lowest BCUT2D eigenvalue weighted by Gasteiger charge is -2.12. The number of methoxy groups -OCH3 is 1. The van der Waals surface area contributed by atoms with Crippen LogP contribution in [0.5, 0.6) is 17.2 Å². The van der Waals surface area contributed by atoms with Crippen LogP contribution in [0.4, 0.5) is 5.13 Å². The molecule has 0 saturated carbocycles. The average molecular weight is 399 g/mol. The van der Waals surface area contributed by atoms with E-state index in [4.69, 9.17) is 14.2 Å². The highest BCUT2D eigenvalue weighted by atomic mass is 32.1. The SMILES string of the molecule is CCOc1ccc(C(=O)Nc2nnc(-c3ccccc3OC)s2)cc1OCC. The fourth-order valence-electron chi connectivity index (χ4n) is 2.57. The maximum atomic E-state index is 12.6. The van der Waals surface area contributed by atoms with Gasteiger partial charge in [0.15, 0.2) is 16.5 Å². The molecule has 1 N–H and O–H groups in total. The Morgan fingerprint density at radius 3 is 2.50 bits per heavy atom. The van der Waals surface area contributed by atoms with E-state index in [9.17, 15) is 4.79 Å². The fourth-order valence-corrected chi connectivity index (χ4v) is 3.33. The minimum Gasteiger partial charge on any atom is -0.496 e. The largest absolute Gasteiger partial charge is 0.496 e. The molecule has 146 valence electrons. The lowest BCUT2D eigenvalue weighted by molar-refractivity contribution is 0.102. The van der Waals surface area contributed by atoms with Gasteiger partial charge < -0.3 is 14.2 Å². The number of nitrogens with one attached hydrogen (secondary N) is 1. The van der Waals surface area contributed by atoms with Crippen molar-refractivity contribution >= 4 is 22.4 Å². The number of amides is 1. The third-order valence-corrected chi connectivity index (χ3v) is 4.66. The maximum absolute atomic E-state index is 12.6. The molecule has 0 radical (unpaired) electrons. The molecule has 8 heteroatoms. The Kier molecular flexibility index (Phi) is 6.44. The van der Waals surface area contributed by atoms with E-state index < -0.39 is 0 Å². The molecule has 1 heterocycles. The highest BCUT2D eigenvalue weighted by Gasteiger charge is 2.15. The smallest absolute Gasteiger partial charge is 0.257 e. The Morgan fingerprint density at radius 1 is 1.00 bits per heavy atom. The van der Waals surface area contributed by atoms with Gasteiger partial charge in [0, 0.05) is 5.56 Å². The van der Waals surface area contributed by atoms with Gasteiger partial charge in [-0.05, 0) is 44.2 Å². The van der Waals surface area contributed by atoms with Crippen LogP contribution in [0.15, 0.2) is 42.5 Å². The Hall–Kier alpha value is -3.13. The number of hydrogen-bond donors (Lipinski definition) is 1. The van der Waals surface area contributed by atoms with Crippen LogP contribution in [-0.2, 0) is 0 Å². The molecule has 2 aromatic carbocycles. The molecule has 0 fully saturated rings. The number of carbonyl (C=O) groups excluding carboxylic acids is 1. The second-order valence-electron chi connectivity index (χ2n) is 5.59. The normalized spacial score (nSPS) is 10.4. The van der Waals surface area contributed by atoms with Crippen molar-refractivity contribution in [2.24, 2.45) is 0 Å². The van der Waals surface area contributed by atoms with E-state index in [0.29, 0.717) is 46.2 Å². The lowest BCUT2D eigenvalue weighted by atomic mass is 10.2. The van der Waals surface area contributed by atoms with Crippen LogP contribution >= 0.6 is 11.3 Å². The van der Waals surface area contributed by atoms with Crippen molar-refractivity contribution in [2.45, 2.75) is 13.8 Å². The first-order valence-corrected chi connectivity index (χ1v) is 9.65. The molecular formula is C20H21N3O4S. The standard InChI is InChI=1S/C20H21N3O4S/c1-4-26-16-11-10-13(12-17(16)27-5-2)18(24)21-20-23-22-19(28-20)14-8-6-7-9-15(14)25-3/h6-12H,4-5H2,1-3H3,(H,21,23,24). The summed E-state index contributed by atoms with van der Waals surface area (Å²) in [7, 11) is 1.60. The Morgan fingerprint density at radius 2 is 1.75 bits per heavy atom. The van der Waals surface area contributed by atoms with Crippen LogP contribution in [-0.4, -0.2) is 36.4 Å². The molecule has 0 aliphatic carbocycles. The third kappa shape index (κ3) is 4.40. The molecule has 0 spiro atoms. The Labute approximate surface area is 167 Å². The van der Waals surface area contributed by atoms with Crippen molar-refractivity contribution in [3.05, 3.63) is 48.0 Å². The van der Waals surface area contributed by atoms with Crippen LogP contribution < -0.4 is 19.5 Å². The lowest BCUT2D eigenvalue weighted by Crippen LogP contribution is -2.12. The fraction of sp³-hybridized carbons (Fsp3) is 0.250. The quantitative estimate of drug-likeness (QED) is 0.609. The Bertz CT molecular complexity index is 958. The van der Waals surface area contributed by atoms with Gasteiger partial charge in [-0.3, -0.25) is 10.1 Å². The molecule has 3 aromatic rings. The van der Waals surface area contributed by atoms with Crippen molar-refractivity contribution < 1.29 is 19.0 Å². The topological polar surface area (TPSA) is 82.6 Å². The van der Waals surface area contributed by atoms with Crippen LogP contribution in [0.1, 0.15) is 24.2 Å². The molecule has 1 aromatic heterocycles. The number of carbonyl (C=O) groups is 1. The summed E-state index contributed by atoms with van der Waals surface area (Å²) >= 11 is 1.27. The molecule has 1 amide bonds. The van der Waals surface area contributed by atoms with Crippen molar-refractivity contribution in [3.63, 3.8) is 0 Å². The summed E-state index contributed by atoms with van der Waals surface area (Å²) in [5.74, 6) is 1.54. The summed E-state index contributed by atoms with van der Waals surface area (Å²) in [6, 6.07) is 12.6. The number of rotatable bonds is 8. The van der Waals surface area contributed by atoms with Crippen molar-refractivity contribution in [1.29, 1.82) is 0 Å². The van der Waals surface area contributed by atoms with E-state index >= 15 is 0 Å². The number of ether oxygens (including phenoxy) is 3.